The molecule has 0 radical (unpaired) electrons. The van der Waals surface area contributed by atoms with E-state index in [2.05, 4.69) is 0 Å². The van der Waals surface area contributed by atoms with Gasteiger partial charge in [0.1, 0.15) is 0 Å². The van der Waals surface area contributed by atoms with Crippen molar-refractivity contribution in [3.05, 3.63) is 54.1 Å². The molecule has 1 aromatic carbocycles. The molecule has 28 heavy (non-hydrogen) atoms. The third kappa shape index (κ3) is 8.57. The Balaban J connectivity index is 2.63. The van der Waals surface area contributed by atoms with Crippen LogP contribution in [0.1, 0.15) is 53.9 Å². The number of ketones is 1. The first kappa shape index (κ1) is 24.4. The highest BCUT2D eigenvalue weighted by Gasteiger charge is 2.23. The molecule has 1 aromatic rings. The number of aliphatic hydroxyl groups excluding tert-OH is 1. The molecule has 0 aliphatic rings. The Labute approximate surface area is 174 Å². The zero-order chi connectivity index (χ0) is 21.1. The van der Waals surface area contributed by atoms with Crippen LogP contribution in [0.2, 0.25) is 0 Å². The molecule has 0 saturated heterocycles. The second-order valence-electron chi connectivity index (χ2n) is 7.46. The first-order valence-electron chi connectivity index (χ1n) is 10.1. The highest BCUT2D eigenvalue weighted by molar-refractivity contribution is 8.13. The molecule has 1 N–H and O–H groups in total. The molecule has 0 aliphatic carbocycles. The fourth-order valence-corrected chi connectivity index (χ4v) is 3.95. The molecule has 0 bridgehead atoms. The molecule has 1 rings (SSSR count). The Bertz CT molecular complexity index is 678. The van der Waals surface area contributed by atoms with Crippen molar-refractivity contribution in [1.82, 2.24) is 0 Å². The van der Waals surface area contributed by atoms with Gasteiger partial charge in [-0.25, -0.2) is 0 Å². The normalized spacial score (nSPS) is 16.6. The Morgan fingerprint density at radius 2 is 1.71 bits per heavy atom. The van der Waals surface area contributed by atoms with Gasteiger partial charge in [-0.2, -0.15) is 0 Å². The van der Waals surface area contributed by atoms with Crippen molar-refractivity contribution in [2.45, 2.75) is 64.9 Å². The van der Waals surface area contributed by atoms with E-state index in [1.165, 1.54) is 11.8 Å². The van der Waals surface area contributed by atoms with Crippen LogP contribution in [0.3, 0.4) is 0 Å². The average Bonchev–Trinajstić information content (AvgIpc) is 2.69. The number of allylic oxidation sites excluding steroid dienone is 3. The Hall–Kier alpha value is -1.65. The number of aliphatic hydroxyl groups is 1. The Kier molecular flexibility index (Phi) is 11.1. The van der Waals surface area contributed by atoms with Gasteiger partial charge in [0.15, 0.2) is 10.9 Å². The lowest BCUT2D eigenvalue weighted by molar-refractivity contribution is -0.119. The Morgan fingerprint density at radius 3 is 2.29 bits per heavy atom. The lowest BCUT2D eigenvalue weighted by Crippen LogP contribution is -2.18. The van der Waals surface area contributed by atoms with Crippen LogP contribution >= 0.6 is 11.8 Å². The minimum absolute atomic E-state index is 0.0346. The lowest BCUT2D eigenvalue weighted by Gasteiger charge is -2.16. The van der Waals surface area contributed by atoms with Gasteiger partial charge in [-0.1, -0.05) is 75.4 Å². The van der Waals surface area contributed by atoms with Gasteiger partial charge >= 0.3 is 0 Å². The van der Waals surface area contributed by atoms with Gasteiger partial charge in [-0.3, -0.25) is 9.59 Å². The summed E-state index contributed by atoms with van der Waals surface area (Å²) in [7, 11) is 0. The van der Waals surface area contributed by atoms with E-state index >= 15 is 0 Å². The van der Waals surface area contributed by atoms with Crippen LogP contribution in [-0.4, -0.2) is 22.1 Å². The molecule has 3 nitrogen and oxygen atoms in total. The number of benzene rings is 1. The number of carbonyl (C=O) groups is 2. The summed E-state index contributed by atoms with van der Waals surface area (Å²) in [6.45, 7) is 9.74. The van der Waals surface area contributed by atoms with Crippen LogP contribution in [0.4, 0.5) is 0 Å². The van der Waals surface area contributed by atoms with Crippen LogP contribution in [0, 0.1) is 17.8 Å². The van der Waals surface area contributed by atoms with E-state index < -0.39 is 0 Å². The van der Waals surface area contributed by atoms with Crippen molar-refractivity contribution in [3.63, 3.8) is 0 Å². The number of carbonyl (C=O) groups excluding carboxylic acids is 2. The summed E-state index contributed by atoms with van der Waals surface area (Å²) in [5.74, 6) is -0.242. The summed E-state index contributed by atoms with van der Waals surface area (Å²) in [6, 6.07) is 9.63. The van der Waals surface area contributed by atoms with Crippen molar-refractivity contribution in [3.8, 4) is 0 Å². The summed E-state index contributed by atoms with van der Waals surface area (Å²) in [6.07, 6.45) is 7.02. The minimum Gasteiger partial charge on any atom is -0.393 e. The standard InChI is InChI=1S/C24H34O3S/c1-6-20(24(27)28-21-11-9-8-10-12-21)16-19(5)23(26)14-13-17(3)15-18(4)22(25)7-2/h8-15,18-20,22,25H,6-7,16H2,1-5H3/b14-13+,17-15+/t18-,19+,20-,22+/m0/s1. The van der Waals surface area contributed by atoms with E-state index in [9.17, 15) is 14.7 Å². The van der Waals surface area contributed by atoms with Gasteiger partial charge in [0, 0.05) is 22.6 Å². The van der Waals surface area contributed by atoms with Gasteiger partial charge < -0.3 is 5.11 Å². The van der Waals surface area contributed by atoms with Crippen molar-refractivity contribution in [1.29, 1.82) is 0 Å². The first-order chi connectivity index (χ1) is 13.3. The Morgan fingerprint density at radius 1 is 1.07 bits per heavy atom. The van der Waals surface area contributed by atoms with Crippen LogP contribution in [-0.2, 0) is 9.59 Å². The van der Waals surface area contributed by atoms with E-state index in [0.29, 0.717) is 12.8 Å². The lowest BCUT2D eigenvalue weighted by atomic mass is 9.91. The van der Waals surface area contributed by atoms with Gasteiger partial charge in [-0.05, 0) is 44.4 Å². The fraction of sp³-hybridized carbons (Fsp3) is 0.500. The smallest absolute Gasteiger partial charge is 0.196 e. The summed E-state index contributed by atoms with van der Waals surface area (Å²) in [4.78, 5) is 26.0. The largest absolute Gasteiger partial charge is 0.393 e. The zero-order valence-corrected chi connectivity index (χ0v) is 18.5. The molecule has 4 heteroatoms. The van der Waals surface area contributed by atoms with Crippen molar-refractivity contribution >= 4 is 22.7 Å². The zero-order valence-electron chi connectivity index (χ0n) is 17.7. The number of hydrogen-bond donors (Lipinski definition) is 1. The van der Waals surface area contributed by atoms with Crippen molar-refractivity contribution in [2.24, 2.45) is 17.8 Å². The number of rotatable bonds is 11. The maximum atomic E-state index is 12.6. The highest BCUT2D eigenvalue weighted by Crippen LogP contribution is 2.28. The average molecular weight is 403 g/mol. The second kappa shape index (κ2) is 12.7. The SMILES string of the molecule is CC[C@@H](C[C@@H](C)C(=O)/C=C/C(C)=C/[C@H](C)[C@H](O)CC)C(=O)Sc1ccccc1. The molecule has 0 aliphatic heterocycles. The molecule has 0 heterocycles. The summed E-state index contributed by atoms with van der Waals surface area (Å²) in [5, 5.41) is 9.98. The third-order valence-corrected chi connectivity index (χ3v) is 6.02. The van der Waals surface area contributed by atoms with E-state index in [1.807, 2.05) is 71.0 Å². The van der Waals surface area contributed by atoms with E-state index in [0.717, 1.165) is 16.9 Å². The first-order valence-corrected chi connectivity index (χ1v) is 10.9. The molecule has 0 amide bonds. The van der Waals surface area contributed by atoms with Crippen molar-refractivity contribution < 1.29 is 14.7 Å². The molecular weight excluding hydrogens is 368 g/mol. The quantitative estimate of drug-likeness (QED) is 0.287. The van der Waals surface area contributed by atoms with E-state index in [4.69, 9.17) is 0 Å². The predicted octanol–water partition coefficient (Wildman–Crippen LogP) is 5.84. The molecule has 0 aromatic heterocycles. The van der Waals surface area contributed by atoms with Crippen LogP contribution in [0.25, 0.3) is 0 Å². The minimum atomic E-state index is -0.364. The van der Waals surface area contributed by atoms with Crippen LogP contribution in [0.15, 0.2) is 59.0 Å². The molecular formula is C24H34O3S. The third-order valence-electron chi connectivity index (χ3n) is 4.97. The van der Waals surface area contributed by atoms with Gasteiger partial charge in [0.05, 0.1) is 6.10 Å². The van der Waals surface area contributed by atoms with E-state index in [-0.39, 0.29) is 34.8 Å². The van der Waals surface area contributed by atoms with Gasteiger partial charge in [0.2, 0.25) is 0 Å². The van der Waals surface area contributed by atoms with Crippen LogP contribution < -0.4 is 0 Å². The number of thioether (sulfide) groups is 1. The highest BCUT2D eigenvalue weighted by atomic mass is 32.2. The number of hydrogen-bond acceptors (Lipinski definition) is 4. The molecule has 0 unspecified atom stereocenters. The topological polar surface area (TPSA) is 54.4 Å². The molecule has 0 spiro atoms. The maximum Gasteiger partial charge on any atom is 0.196 e. The maximum absolute atomic E-state index is 12.6. The summed E-state index contributed by atoms with van der Waals surface area (Å²) in [5.41, 5.74) is 0.961. The molecule has 4 atom stereocenters. The van der Waals surface area contributed by atoms with Crippen LogP contribution in [0.5, 0.6) is 0 Å². The monoisotopic (exact) mass is 402 g/mol. The summed E-state index contributed by atoms with van der Waals surface area (Å²) < 4.78 is 0. The molecule has 0 saturated carbocycles. The summed E-state index contributed by atoms with van der Waals surface area (Å²) >= 11 is 1.26. The molecule has 0 fully saturated rings. The second-order valence-corrected chi connectivity index (χ2v) is 8.54. The van der Waals surface area contributed by atoms with Crippen molar-refractivity contribution in [2.75, 3.05) is 0 Å². The van der Waals surface area contributed by atoms with Gasteiger partial charge in [-0.15, -0.1) is 0 Å². The fourth-order valence-electron chi connectivity index (χ4n) is 2.99. The molecule has 154 valence electrons. The predicted molar refractivity (Wildman–Crippen MR) is 118 cm³/mol. The van der Waals surface area contributed by atoms with E-state index in [1.54, 1.807) is 12.2 Å². The van der Waals surface area contributed by atoms with Gasteiger partial charge in [0.25, 0.3) is 0 Å².